The predicted molar refractivity (Wildman–Crippen MR) is 107 cm³/mol. The third kappa shape index (κ3) is 5.15. The molecule has 0 atom stereocenters. The summed E-state index contributed by atoms with van der Waals surface area (Å²) in [5.74, 6) is 0.126. The molecular weight excluding hydrogens is 362 g/mol. The summed E-state index contributed by atoms with van der Waals surface area (Å²) in [7, 11) is 1.78. The molecule has 3 rings (SSSR count). The van der Waals surface area contributed by atoms with Crippen molar-refractivity contribution >= 4 is 35.1 Å². The number of imidazole rings is 1. The first kappa shape index (κ1) is 18.6. The number of halogens is 1. The Labute approximate surface area is 162 Å². The van der Waals surface area contributed by atoms with Gasteiger partial charge in [-0.25, -0.2) is 4.98 Å². The Balaban J connectivity index is 1.57. The normalized spacial score (nSPS) is 10.9. The number of nitrogens with one attached hydrogen (secondary N) is 1. The van der Waals surface area contributed by atoms with Crippen molar-refractivity contribution in [1.82, 2.24) is 9.55 Å². The molecule has 1 N–H and O–H groups in total. The van der Waals surface area contributed by atoms with Crippen LogP contribution in [0.3, 0.4) is 0 Å². The zero-order valence-electron chi connectivity index (χ0n) is 14.7. The number of aromatic nitrogens is 2. The van der Waals surface area contributed by atoms with Gasteiger partial charge in [0.05, 0.1) is 6.42 Å². The molecule has 0 bridgehead atoms. The van der Waals surface area contributed by atoms with Crippen LogP contribution >= 0.6 is 11.6 Å². The highest BCUT2D eigenvalue weighted by Crippen LogP contribution is 2.14. The molecule has 0 radical (unpaired) electrons. The number of amides is 1. The second-order valence-corrected chi connectivity index (χ2v) is 6.47. The van der Waals surface area contributed by atoms with E-state index < -0.39 is 0 Å². The molecular formula is C21H18ClN3O2. The third-order valence-corrected chi connectivity index (χ3v) is 4.19. The molecule has 0 unspecified atom stereocenters. The van der Waals surface area contributed by atoms with Crippen molar-refractivity contribution in [3.8, 4) is 0 Å². The fraction of sp³-hybridized carbons (Fsp3) is 0.0952. The fourth-order valence-electron chi connectivity index (χ4n) is 2.52. The molecule has 136 valence electrons. The van der Waals surface area contributed by atoms with Crippen molar-refractivity contribution in [3.63, 3.8) is 0 Å². The highest BCUT2D eigenvalue weighted by molar-refractivity contribution is 6.30. The molecule has 0 saturated heterocycles. The van der Waals surface area contributed by atoms with E-state index in [0.29, 0.717) is 16.5 Å². The summed E-state index contributed by atoms with van der Waals surface area (Å²) >= 11 is 5.83. The van der Waals surface area contributed by atoms with Gasteiger partial charge in [0.15, 0.2) is 5.82 Å². The smallest absolute Gasteiger partial charge is 0.228 e. The minimum atomic E-state index is -0.158. The van der Waals surface area contributed by atoms with Gasteiger partial charge in [-0.05, 0) is 41.5 Å². The maximum atomic E-state index is 12.1. The maximum Gasteiger partial charge on any atom is 0.228 e. The van der Waals surface area contributed by atoms with Gasteiger partial charge in [0.25, 0.3) is 0 Å². The molecule has 0 aliphatic heterocycles. The first-order valence-electron chi connectivity index (χ1n) is 8.35. The van der Waals surface area contributed by atoms with Gasteiger partial charge in [-0.15, -0.1) is 0 Å². The largest absolute Gasteiger partial charge is 0.331 e. The van der Waals surface area contributed by atoms with E-state index in [4.69, 9.17) is 11.6 Å². The summed E-state index contributed by atoms with van der Waals surface area (Å²) in [6, 6.07) is 14.4. The lowest BCUT2D eigenvalue weighted by Crippen LogP contribution is -2.14. The summed E-state index contributed by atoms with van der Waals surface area (Å²) in [5.41, 5.74) is 2.46. The quantitative estimate of drug-likeness (QED) is 0.517. The molecule has 0 saturated carbocycles. The van der Waals surface area contributed by atoms with Crippen molar-refractivity contribution in [3.05, 3.63) is 89.0 Å². The van der Waals surface area contributed by atoms with Gasteiger partial charge < -0.3 is 9.88 Å². The molecule has 0 spiro atoms. The number of carbonyl (C=O) groups is 2. The summed E-state index contributed by atoms with van der Waals surface area (Å²) in [5, 5.41) is 3.45. The Morgan fingerprint density at radius 2 is 1.81 bits per heavy atom. The summed E-state index contributed by atoms with van der Waals surface area (Å²) in [6.45, 7) is 0. The molecule has 3 aromatic rings. The minimum Gasteiger partial charge on any atom is -0.331 e. The molecule has 5 nitrogen and oxygen atoms in total. The molecule has 27 heavy (non-hydrogen) atoms. The molecule has 0 aliphatic rings. The topological polar surface area (TPSA) is 64.0 Å². The Kier molecular flexibility index (Phi) is 5.84. The van der Waals surface area contributed by atoms with Crippen molar-refractivity contribution in [2.24, 2.45) is 7.05 Å². The van der Waals surface area contributed by atoms with E-state index in [2.05, 4.69) is 10.3 Å². The van der Waals surface area contributed by atoms with E-state index in [1.807, 2.05) is 24.3 Å². The number of rotatable bonds is 6. The number of nitrogens with zero attached hydrogens (tertiary/aromatic N) is 2. The van der Waals surface area contributed by atoms with Gasteiger partial charge in [-0.1, -0.05) is 41.9 Å². The van der Waals surface area contributed by atoms with Crippen LogP contribution in [0.4, 0.5) is 5.69 Å². The Morgan fingerprint density at radius 3 is 2.44 bits per heavy atom. The second-order valence-electron chi connectivity index (χ2n) is 6.03. The monoisotopic (exact) mass is 379 g/mol. The number of hydrogen-bond acceptors (Lipinski definition) is 3. The zero-order chi connectivity index (χ0) is 19.2. The fourth-order valence-corrected chi connectivity index (χ4v) is 2.65. The van der Waals surface area contributed by atoms with Crippen LogP contribution in [0.25, 0.3) is 6.08 Å². The standard InChI is InChI=1S/C21H18ClN3O2/c1-25-13-12-23-21(25)19(26)11-6-15-2-4-16(5-3-15)14-20(27)24-18-9-7-17(22)8-10-18/h2-13H,14H2,1H3,(H,24,27). The van der Waals surface area contributed by atoms with Gasteiger partial charge >= 0.3 is 0 Å². The van der Waals surface area contributed by atoms with E-state index in [9.17, 15) is 9.59 Å². The average molecular weight is 380 g/mol. The van der Waals surface area contributed by atoms with Crippen molar-refractivity contribution in [2.75, 3.05) is 5.32 Å². The van der Waals surface area contributed by atoms with Gasteiger partial charge in [-0.2, -0.15) is 0 Å². The van der Waals surface area contributed by atoms with E-state index in [1.54, 1.807) is 54.3 Å². The van der Waals surface area contributed by atoms with Crippen molar-refractivity contribution in [2.45, 2.75) is 6.42 Å². The lowest BCUT2D eigenvalue weighted by atomic mass is 10.1. The highest BCUT2D eigenvalue weighted by Gasteiger charge is 2.07. The number of ketones is 1. The average Bonchev–Trinajstić information content (AvgIpc) is 3.09. The van der Waals surface area contributed by atoms with Crippen molar-refractivity contribution < 1.29 is 9.59 Å². The number of anilines is 1. The van der Waals surface area contributed by atoms with Crippen LogP contribution in [0, 0.1) is 0 Å². The molecule has 0 fully saturated rings. The molecule has 1 heterocycles. The van der Waals surface area contributed by atoms with Crippen molar-refractivity contribution in [1.29, 1.82) is 0 Å². The van der Waals surface area contributed by atoms with E-state index in [1.165, 1.54) is 6.08 Å². The van der Waals surface area contributed by atoms with Crippen LogP contribution in [0.1, 0.15) is 21.7 Å². The third-order valence-electron chi connectivity index (χ3n) is 3.94. The van der Waals surface area contributed by atoms with E-state index in [0.717, 1.165) is 11.1 Å². The van der Waals surface area contributed by atoms with E-state index in [-0.39, 0.29) is 18.1 Å². The van der Waals surface area contributed by atoms with Crippen LogP contribution in [-0.2, 0) is 18.3 Å². The minimum absolute atomic E-state index is 0.106. The van der Waals surface area contributed by atoms with Crippen LogP contribution in [0.5, 0.6) is 0 Å². The molecule has 2 aromatic carbocycles. The number of aryl methyl sites for hydroxylation is 1. The highest BCUT2D eigenvalue weighted by atomic mass is 35.5. The SMILES string of the molecule is Cn1ccnc1C(=O)C=Cc1ccc(CC(=O)Nc2ccc(Cl)cc2)cc1. The Bertz CT molecular complexity index is 973. The first-order valence-corrected chi connectivity index (χ1v) is 8.73. The van der Waals surface area contributed by atoms with Gasteiger partial charge in [-0.3, -0.25) is 9.59 Å². The summed E-state index contributed by atoms with van der Waals surface area (Å²) in [4.78, 5) is 28.2. The van der Waals surface area contributed by atoms with Crippen LogP contribution in [-0.4, -0.2) is 21.2 Å². The Morgan fingerprint density at radius 1 is 1.11 bits per heavy atom. The van der Waals surface area contributed by atoms with Gasteiger partial charge in [0.1, 0.15) is 0 Å². The van der Waals surface area contributed by atoms with Crippen LogP contribution in [0.2, 0.25) is 5.02 Å². The zero-order valence-corrected chi connectivity index (χ0v) is 15.5. The lowest BCUT2D eigenvalue weighted by Gasteiger charge is -2.06. The number of carbonyl (C=O) groups excluding carboxylic acids is 2. The molecule has 6 heteroatoms. The molecule has 0 aliphatic carbocycles. The van der Waals surface area contributed by atoms with Crippen LogP contribution < -0.4 is 5.32 Å². The van der Waals surface area contributed by atoms with Gasteiger partial charge in [0.2, 0.25) is 11.7 Å². The Hall–Kier alpha value is -3.18. The number of benzene rings is 2. The maximum absolute atomic E-state index is 12.1. The number of hydrogen-bond donors (Lipinski definition) is 1. The van der Waals surface area contributed by atoms with Crippen LogP contribution in [0.15, 0.2) is 67.0 Å². The summed E-state index contributed by atoms with van der Waals surface area (Å²) < 4.78 is 1.68. The molecule has 1 amide bonds. The van der Waals surface area contributed by atoms with Gasteiger partial charge in [0, 0.05) is 30.2 Å². The van der Waals surface area contributed by atoms with E-state index >= 15 is 0 Å². The summed E-state index contributed by atoms with van der Waals surface area (Å²) in [6.07, 6.45) is 6.80. The molecule has 1 aromatic heterocycles. The second kappa shape index (κ2) is 8.47. The first-order chi connectivity index (χ1) is 13.0. The lowest BCUT2D eigenvalue weighted by molar-refractivity contribution is -0.115. The number of allylic oxidation sites excluding steroid dienone is 1. The predicted octanol–water partition coefficient (Wildman–Crippen LogP) is 4.15.